The molecule has 6 heteroatoms. The van der Waals surface area contributed by atoms with E-state index in [1.54, 1.807) is 27.7 Å². The molecule has 0 saturated heterocycles. The summed E-state index contributed by atoms with van der Waals surface area (Å²) in [5, 5.41) is 0. The zero-order valence-corrected chi connectivity index (χ0v) is 13.2. The second kappa shape index (κ2) is 5.83. The Labute approximate surface area is 119 Å². The van der Waals surface area contributed by atoms with Gasteiger partial charge in [0.15, 0.2) is 15.9 Å². The van der Waals surface area contributed by atoms with Crippen molar-refractivity contribution < 1.29 is 22.7 Å². The summed E-state index contributed by atoms with van der Waals surface area (Å²) in [5.74, 6) is -0.0551. The highest BCUT2D eigenvalue weighted by Crippen LogP contribution is 2.18. The molecule has 1 aromatic carbocycles. The molecule has 1 unspecified atom stereocenters. The summed E-state index contributed by atoms with van der Waals surface area (Å²) >= 11 is 0. The summed E-state index contributed by atoms with van der Waals surface area (Å²) in [6.07, 6.45) is 0.366. The molecular weight excluding hydrogens is 280 g/mol. The number of carbonyl (C=O) groups excluding carboxylic acids is 1. The molecule has 0 amide bonds. The number of sulfone groups is 1. The summed E-state index contributed by atoms with van der Waals surface area (Å²) in [6, 6.07) is 5.90. The molecule has 0 aliphatic rings. The van der Waals surface area contributed by atoms with Crippen LogP contribution in [-0.4, -0.2) is 32.3 Å². The van der Waals surface area contributed by atoms with Crippen LogP contribution < -0.4 is 4.74 Å². The van der Waals surface area contributed by atoms with Gasteiger partial charge in [0, 0.05) is 6.26 Å². The van der Waals surface area contributed by atoms with Gasteiger partial charge in [-0.25, -0.2) is 13.2 Å². The Morgan fingerprint density at radius 1 is 1.15 bits per heavy atom. The minimum atomic E-state index is -3.24. The molecule has 20 heavy (non-hydrogen) atoms. The van der Waals surface area contributed by atoms with Gasteiger partial charge in [0.1, 0.15) is 11.4 Å². The van der Waals surface area contributed by atoms with Crippen molar-refractivity contribution >= 4 is 15.8 Å². The smallest absolute Gasteiger partial charge is 0.347 e. The van der Waals surface area contributed by atoms with Crippen LogP contribution in [0.15, 0.2) is 29.2 Å². The van der Waals surface area contributed by atoms with Crippen LogP contribution in [0.4, 0.5) is 0 Å². The van der Waals surface area contributed by atoms with E-state index in [2.05, 4.69) is 0 Å². The molecule has 112 valence electrons. The van der Waals surface area contributed by atoms with Crippen LogP contribution in [0.5, 0.6) is 5.75 Å². The fourth-order valence-corrected chi connectivity index (χ4v) is 2.03. The van der Waals surface area contributed by atoms with E-state index in [-0.39, 0.29) is 4.90 Å². The molecule has 0 radical (unpaired) electrons. The van der Waals surface area contributed by atoms with E-state index in [4.69, 9.17) is 9.47 Å². The molecule has 0 saturated carbocycles. The van der Waals surface area contributed by atoms with Crippen LogP contribution in [0.25, 0.3) is 0 Å². The highest BCUT2D eigenvalue weighted by Gasteiger charge is 2.23. The third kappa shape index (κ3) is 5.21. The van der Waals surface area contributed by atoms with Crippen LogP contribution >= 0.6 is 0 Å². The second-order valence-electron chi connectivity index (χ2n) is 5.54. The Kier molecular flexibility index (Phi) is 4.81. The molecule has 1 aromatic rings. The van der Waals surface area contributed by atoms with E-state index in [0.29, 0.717) is 5.75 Å². The molecule has 0 heterocycles. The van der Waals surface area contributed by atoms with Crippen LogP contribution in [0, 0.1) is 0 Å². The summed E-state index contributed by atoms with van der Waals surface area (Å²) in [7, 11) is -3.24. The fourth-order valence-electron chi connectivity index (χ4n) is 1.40. The molecule has 1 atom stereocenters. The Bertz CT molecular complexity index is 567. The molecule has 0 aliphatic carbocycles. The van der Waals surface area contributed by atoms with E-state index in [1.807, 2.05) is 0 Å². The number of esters is 1. The minimum Gasteiger partial charge on any atom is -0.479 e. The summed E-state index contributed by atoms with van der Waals surface area (Å²) in [4.78, 5) is 11.9. The predicted octanol–water partition coefficient (Wildman–Crippen LogP) is 2.20. The van der Waals surface area contributed by atoms with Crippen molar-refractivity contribution in [2.75, 3.05) is 6.26 Å². The molecule has 0 spiro atoms. The van der Waals surface area contributed by atoms with Crippen LogP contribution in [0.1, 0.15) is 27.7 Å². The van der Waals surface area contributed by atoms with Crippen molar-refractivity contribution in [3.8, 4) is 5.75 Å². The van der Waals surface area contributed by atoms with Gasteiger partial charge in [-0.2, -0.15) is 0 Å². The van der Waals surface area contributed by atoms with Gasteiger partial charge in [0.2, 0.25) is 0 Å². The first kappa shape index (κ1) is 16.5. The first-order valence-electron chi connectivity index (χ1n) is 6.19. The lowest BCUT2D eigenvalue weighted by Gasteiger charge is -2.22. The molecule has 0 N–H and O–H groups in total. The van der Waals surface area contributed by atoms with Crippen molar-refractivity contribution in [2.45, 2.75) is 44.3 Å². The second-order valence-corrected chi connectivity index (χ2v) is 7.55. The van der Waals surface area contributed by atoms with Crippen molar-refractivity contribution in [1.82, 2.24) is 0 Å². The third-order valence-electron chi connectivity index (χ3n) is 2.30. The lowest BCUT2D eigenvalue weighted by atomic mass is 10.2. The van der Waals surface area contributed by atoms with Crippen molar-refractivity contribution in [3.05, 3.63) is 24.3 Å². The molecule has 1 rings (SSSR count). The molecule has 0 bridgehead atoms. The van der Waals surface area contributed by atoms with E-state index in [0.717, 1.165) is 6.26 Å². The van der Waals surface area contributed by atoms with Gasteiger partial charge in [-0.1, -0.05) is 0 Å². The Morgan fingerprint density at radius 3 is 2.05 bits per heavy atom. The van der Waals surface area contributed by atoms with Crippen molar-refractivity contribution in [3.63, 3.8) is 0 Å². The van der Waals surface area contributed by atoms with Gasteiger partial charge >= 0.3 is 5.97 Å². The highest BCUT2D eigenvalue weighted by atomic mass is 32.2. The molecule has 0 aromatic heterocycles. The topological polar surface area (TPSA) is 69.7 Å². The lowest BCUT2D eigenvalue weighted by molar-refractivity contribution is -0.162. The molecular formula is C14H20O5S. The van der Waals surface area contributed by atoms with Gasteiger partial charge in [-0.3, -0.25) is 0 Å². The maximum Gasteiger partial charge on any atom is 0.347 e. The first-order chi connectivity index (χ1) is 8.99. The van der Waals surface area contributed by atoms with E-state index in [1.165, 1.54) is 24.3 Å². The first-order valence-corrected chi connectivity index (χ1v) is 8.08. The van der Waals surface area contributed by atoms with Gasteiger partial charge in [0.05, 0.1) is 4.90 Å². The average Bonchev–Trinajstić information content (AvgIpc) is 2.26. The fraction of sp³-hybridized carbons (Fsp3) is 0.500. The van der Waals surface area contributed by atoms with Crippen molar-refractivity contribution in [2.24, 2.45) is 0 Å². The normalized spacial score (nSPS) is 13.7. The molecule has 5 nitrogen and oxygen atoms in total. The molecule has 0 fully saturated rings. The van der Waals surface area contributed by atoms with Gasteiger partial charge in [-0.05, 0) is 52.0 Å². The van der Waals surface area contributed by atoms with Crippen LogP contribution in [-0.2, 0) is 19.4 Å². The number of ether oxygens (including phenoxy) is 2. The summed E-state index contributed by atoms with van der Waals surface area (Å²) < 4.78 is 33.2. The number of rotatable bonds is 4. The zero-order chi connectivity index (χ0) is 15.6. The minimum absolute atomic E-state index is 0.203. The quantitative estimate of drug-likeness (QED) is 0.797. The number of hydrogen-bond donors (Lipinski definition) is 0. The zero-order valence-electron chi connectivity index (χ0n) is 12.3. The highest BCUT2D eigenvalue weighted by molar-refractivity contribution is 7.90. The van der Waals surface area contributed by atoms with Gasteiger partial charge in [-0.15, -0.1) is 0 Å². The monoisotopic (exact) mass is 300 g/mol. The van der Waals surface area contributed by atoms with E-state index < -0.39 is 27.5 Å². The summed E-state index contributed by atoms with van der Waals surface area (Å²) in [6.45, 7) is 6.91. The third-order valence-corrected chi connectivity index (χ3v) is 3.43. The largest absolute Gasteiger partial charge is 0.479 e. The van der Waals surface area contributed by atoms with Crippen LogP contribution in [0.2, 0.25) is 0 Å². The number of benzene rings is 1. The van der Waals surface area contributed by atoms with E-state index in [9.17, 15) is 13.2 Å². The lowest BCUT2D eigenvalue weighted by Crippen LogP contribution is -2.33. The Balaban J connectivity index is 2.72. The van der Waals surface area contributed by atoms with Crippen LogP contribution in [0.3, 0.4) is 0 Å². The average molecular weight is 300 g/mol. The van der Waals surface area contributed by atoms with Gasteiger partial charge < -0.3 is 9.47 Å². The van der Waals surface area contributed by atoms with E-state index >= 15 is 0 Å². The Morgan fingerprint density at radius 2 is 1.65 bits per heavy atom. The Hall–Kier alpha value is -1.56. The maximum atomic E-state index is 11.7. The predicted molar refractivity (Wildman–Crippen MR) is 75.5 cm³/mol. The standard InChI is InChI=1S/C14H20O5S/c1-10(13(15)19-14(2,3)4)18-11-6-8-12(9-7-11)20(5,16)17/h6-10H,1-5H3. The van der Waals surface area contributed by atoms with Gasteiger partial charge in [0.25, 0.3) is 0 Å². The number of hydrogen-bond acceptors (Lipinski definition) is 5. The SMILES string of the molecule is CC(Oc1ccc(S(C)(=O)=O)cc1)C(=O)OC(C)(C)C. The summed E-state index contributed by atoms with van der Waals surface area (Å²) in [5.41, 5.74) is -0.575. The van der Waals surface area contributed by atoms with Crippen molar-refractivity contribution in [1.29, 1.82) is 0 Å². The number of carbonyl (C=O) groups is 1. The maximum absolute atomic E-state index is 11.7. The molecule has 0 aliphatic heterocycles.